The SMILES string of the molecule is Nc1c(N)c(N)c2c(c1N)OC1OC2Oc2c(N)c(N)c(N)c(N)c21. The lowest BCUT2D eigenvalue weighted by Crippen LogP contribution is -2.33. The summed E-state index contributed by atoms with van der Waals surface area (Å²) in [5.74, 6) is 0.425. The van der Waals surface area contributed by atoms with Gasteiger partial charge in [0.1, 0.15) is 11.4 Å². The van der Waals surface area contributed by atoms with Gasteiger partial charge in [0, 0.05) is 0 Å². The molecule has 0 spiro atoms. The Balaban J connectivity index is 1.98. The lowest BCUT2D eigenvalue weighted by molar-refractivity contribution is -0.226. The van der Waals surface area contributed by atoms with E-state index in [2.05, 4.69) is 0 Å². The van der Waals surface area contributed by atoms with Crippen molar-refractivity contribution >= 4 is 45.5 Å². The minimum atomic E-state index is -0.976. The second kappa shape index (κ2) is 4.48. The standard InChI is InChI=1S/C14H18N8O3/c15-3-1-11(9(21)7(19)5(3)17)23-14-2-4(16)6(18)8(20)10(22)12(2)24-13(1)25-14/h13-14H,15-22H2. The van der Waals surface area contributed by atoms with Crippen LogP contribution in [0.4, 0.5) is 45.5 Å². The van der Waals surface area contributed by atoms with Gasteiger partial charge in [-0.1, -0.05) is 0 Å². The highest BCUT2D eigenvalue weighted by atomic mass is 16.8. The summed E-state index contributed by atoms with van der Waals surface area (Å²) in [5.41, 5.74) is 49.3. The third kappa shape index (κ3) is 1.67. The van der Waals surface area contributed by atoms with Crippen LogP contribution in [0.25, 0.3) is 0 Å². The first-order valence-electron chi connectivity index (χ1n) is 7.24. The average molecular weight is 346 g/mol. The number of nitrogens with two attached hydrogens (primary N) is 8. The molecule has 2 aliphatic rings. The van der Waals surface area contributed by atoms with Crippen LogP contribution in [0.5, 0.6) is 11.5 Å². The second-order valence-corrected chi connectivity index (χ2v) is 5.83. The molecule has 11 nitrogen and oxygen atoms in total. The quantitative estimate of drug-likeness (QED) is 0.291. The molecule has 2 aromatic carbocycles. The van der Waals surface area contributed by atoms with Crippen molar-refractivity contribution in [1.82, 2.24) is 0 Å². The Morgan fingerprint density at radius 3 is 1.12 bits per heavy atom. The highest BCUT2D eigenvalue weighted by Crippen LogP contribution is 2.58. The van der Waals surface area contributed by atoms with Gasteiger partial charge in [0.15, 0.2) is 11.5 Å². The summed E-state index contributed by atoms with van der Waals surface area (Å²) in [5, 5.41) is 0. The van der Waals surface area contributed by atoms with Crippen molar-refractivity contribution in [3.63, 3.8) is 0 Å². The zero-order valence-electron chi connectivity index (χ0n) is 13.0. The highest BCUT2D eigenvalue weighted by Gasteiger charge is 2.44. The van der Waals surface area contributed by atoms with Crippen molar-refractivity contribution in [2.75, 3.05) is 45.9 Å². The van der Waals surface area contributed by atoms with Gasteiger partial charge in [-0.3, -0.25) is 4.74 Å². The zero-order chi connectivity index (χ0) is 18.2. The van der Waals surface area contributed by atoms with Crippen molar-refractivity contribution in [3.8, 4) is 11.5 Å². The summed E-state index contributed by atoms with van der Waals surface area (Å²) in [6, 6.07) is 0. The number of anilines is 8. The minimum Gasteiger partial charge on any atom is -0.457 e. The number of nitrogen functional groups attached to an aromatic ring is 8. The van der Waals surface area contributed by atoms with E-state index < -0.39 is 12.6 Å². The smallest absolute Gasteiger partial charge is 0.236 e. The number of hydrogen-bond donors (Lipinski definition) is 8. The summed E-state index contributed by atoms with van der Waals surface area (Å²) in [7, 11) is 0. The largest absolute Gasteiger partial charge is 0.457 e. The molecule has 25 heavy (non-hydrogen) atoms. The van der Waals surface area contributed by atoms with Crippen LogP contribution in [0.2, 0.25) is 0 Å². The Morgan fingerprint density at radius 2 is 0.760 bits per heavy atom. The summed E-state index contributed by atoms with van der Waals surface area (Å²) in [6.07, 6.45) is -1.95. The van der Waals surface area contributed by atoms with Gasteiger partial charge < -0.3 is 55.3 Å². The maximum absolute atomic E-state index is 6.05. The molecular weight excluding hydrogens is 328 g/mol. The molecule has 2 bridgehead atoms. The molecule has 0 aliphatic carbocycles. The van der Waals surface area contributed by atoms with Gasteiger partial charge in [-0.05, 0) is 0 Å². The Labute approximate surface area is 141 Å². The van der Waals surface area contributed by atoms with Gasteiger partial charge >= 0.3 is 0 Å². The Kier molecular flexibility index (Phi) is 2.68. The van der Waals surface area contributed by atoms with E-state index >= 15 is 0 Å². The Morgan fingerprint density at radius 1 is 0.440 bits per heavy atom. The lowest BCUT2D eigenvalue weighted by Gasteiger charge is -2.40. The molecule has 11 heteroatoms. The van der Waals surface area contributed by atoms with Crippen molar-refractivity contribution in [2.45, 2.75) is 12.6 Å². The molecule has 0 aromatic heterocycles. The normalized spacial score (nSPS) is 20.2. The topological polar surface area (TPSA) is 236 Å². The van der Waals surface area contributed by atoms with E-state index in [0.717, 1.165) is 0 Å². The fourth-order valence-electron chi connectivity index (χ4n) is 3.01. The predicted molar refractivity (Wildman–Crippen MR) is 96.0 cm³/mol. The van der Waals surface area contributed by atoms with Gasteiger partial charge in [0.25, 0.3) is 0 Å². The molecule has 0 radical (unpaired) electrons. The molecule has 2 atom stereocenters. The number of fused-ring (bicyclic) bond motifs is 6. The van der Waals surface area contributed by atoms with E-state index in [1.807, 2.05) is 0 Å². The van der Waals surface area contributed by atoms with Crippen LogP contribution in [0.15, 0.2) is 0 Å². The number of benzene rings is 2. The summed E-state index contributed by atoms with van der Waals surface area (Å²) >= 11 is 0. The summed E-state index contributed by atoms with van der Waals surface area (Å²) < 4.78 is 17.4. The number of rotatable bonds is 0. The summed E-state index contributed by atoms with van der Waals surface area (Å²) in [4.78, 5) is 0. The van der Waals surface area contributed by atoms with E-state index in [4.69, 9.17) is 60.1 Å². The lowest BCUT2D eigenvalue weighted by atomic mass is 10.0. The second-order valence-electron chi connectivity index (χ2n) is 5.83. The molecular formula is C14H18N8O3. The van der Waals surface area contributed by atoms with E-state index in [0.29, 0.717) is 11.1 Å². The van der Waals surface area contributed by atoms with Crippen LogP contribution in [0.3, 0.4) is 0 Å². The van der Waals surface area contributed by atoms with Gasteiger partial charge in [0.2, 0.25) is 12.6 Å². The molecule has 0 amide bonds. The van der Waals surface area contributed by atoms with Crippen LogP contribution in [-0.4, -0.2) is 0 Å². The first-order chi connectivity index (χ1) is 11.7. The molecule has 2 heterocycles. The first kappa shape index (κ1) is 15.0. The molecule has 2 aliphatic heterocycles. The zero-order valence-corrected chi connectivity index (χ0v) is 13.0. The van der Waals surface area contributed by atoms with Gasteiger partial charge in [-0.25, -0.2) is 0 Å². The molecule has 132 valence electrons. The molecule has 16 N–H and O–H groups in total. The fraction of sp³-hybridized carbons (Fsp3) is 0.143. The van der Waals surface area contributed by atoms with Gasteiger partial charge in [-0.15, -0.1) is 0 Å². The maximum atomic E-state index is 6.05. The van der Waals surface area contributed by atoms with Crippen molar-refractivity contribution in [3.05, 3.63) is 11.1 Å². The number of hydrogen-bond acceptors (Lipinski definition) is 11. The van der Waals surface area contributed by atoms with Crippen LogP contribution in [0, 0.1) is 0 Å². The van der Waals surface area contributed by atoms with E-state index in [1.165, 1.54) is 0 Å². The van der Waals surface area contributed by atoms with Gasteiger partial charge in [-0.2, -0.15) is 0 Å². The molecule has 0 saturated heterocycles. The van der Waals surface area contributed by atoms with Crippen molar-refractivity contribution in [2.24, 2.45) is 0 Å². The third-order valence-electron chi connectivity index (χ3n) is 4.47. The minimum absolute atomic E-state index is 0.112. The van der Waals surface area contributed by atoms with Crippen LogP contribution in [0.1, 0.15) is 23.7 Å². The predicted octanol–water partition coefficient (Wildman–Crippen LogP) is -0.157. The monoisotopic (exact) mass is 346 g/mol. The molecule has 0 fully saturated rings. The van der Waals surface area contributed by atoms with E-state index in [1.54, 1.807) is 0 Å². The molecule has 4 rings (SSSR count). The van der Waals surface area contributed by atoms with Crippen LogP contribution >= 0.6 is 0 Å². The summed E-state index contributed by atoms with van der Waals surface area (Å²) in [6.45, 7) is 0. The van der Waals surface area contributed by atoms with Crippen molar-refractivity contribution in [1.29, 1.82) is 0 Å². The molecule has 0 saturated carbocycles. The Bertz CT molecular complexity index is 870. The highest BCUT2D eigenvalue weighted by molar-refractivity contribution is 5.95. The molecule has 2 unspecified atom stereocenters. The van der Waals surface area contributed by atoms with E-state index in [9.17, 15) is 0 Å². The molecule has 2 aromatic rings. The van der Waals surface area contributed by atoms with Crippen molar-refractivity contribution < 1.29 is 14.2 Å². The third-order valence-corrected chi connectivity index (χ3v) is 4.47. The van der Waals surface area contributed by atoms with Crippen LogP contribution in [-0.2, 0) is 4.74 Å². The fourth-order valence-corrected chi connectivity index (χ4v) is 3.01. The Hall–Kier alpha value is -3.60. The first-order valence-corrected chi connectivity index (χ1v) is 7.24. The maximum Gasteiger partial charge on any atom is 0.236 e. The van der Waals surface area contributed by atoms with Gasteiger partial charge in [0.05, 0.1) is 45.3 Å². The number of ether oxygens (including phenoxy) is 3. The van der Waals surface area contributed by atoms with Crippen LogP contribution < -0.4 is 55.3 Å². The average Bonchev–Trinajstić information content (AvgIpc) is 2.60. The van der Waals surface area contributed by atoms with E-state index in [-0.39, 0.29) is 57.0 Å².